The number of halogens is 2. The predicted molar refractivity (Wildman–Crippen MR) is 62.7 cm³/mol. The molecule has 80 valence electrons. The molecule has 0 N–H and O–H groups in total. The van der Waals surface area contributed by atoms with Crippen LogP contribution in [0.4, 0.5) is 0 Å². The second kappa shape index (κ2) is 6.95. The van der Waals surface area contributed by atoms with E-state index < -0.39 is 0 Å². The average Bonchev–Trinajstić information content (AvgIpc) is 2.00. The molecular formula is C11H22Cl2. The molecule has 0 aromatic rings. The highest BCUT2D eigenvalue weighted by molar-refractivity contribution is 6.44. The topological polar surface area (TPSA) is 0 Å². The number of alkyl halides is 2. The maximum Gasteiger partial charge on any atom is 0.107 e. The van der Waals surface area contributed by atoms with Gasteiger partial charge in [-0.3, -0.25) is 0 Å². The summed E-state index contributed by atoms with van der Waals surface area (Å²) < 4.78 is 0. The smallest absolute Gasteiger partial charge is 0.105 e. The molecule has 0 saturated heterocycles. The quantitative estimate of drug-likeness (QED) is 0.524. The van der Waals surface area contributed by atoms with Crippen molar-refractivity contribution in [1.29, 1.82) is 0 Å². The van der Waals surface area contributed by atoms with Crippen LogP contribution in [-0.4, -0.2) is 4.84 Å². The summed E-state index contributed by atoms with van der Waals surface area (Å²) in [5.41, 5.74) is 0.471. The third kappa shape index (κ3) is 8.90. The zero-order chi connectivity index (χ0) is 10.3. The van der Waals surface area contributed by atoms with Crippen LogP contribution in [0.25, 0.3) is 0 Å². The van der Waals surface area contributed by atoms with Crippen molar-refractivity contribution in [3.63, 3.8) is 0 Å². The van der Waals surface area contributed by atoms with Crippen LogP contribution in [0.5, 0.6) is 0 Å². The summed E-state index contributed by atoms with van der Waals surface area (Å²) in [5.74, 6) is 0. The van der Waals surface area contributed by atoms with Gasteiger partial charge in [-0.15, -0.1) is 23.2 Å². The van der Waals surface area contributed by atoms with Crippen LogP contribution in [-0.2, 0) is 0 Å². The largest absolute Gasteiger partial charge is 0.107 e. The Labute approximate surface area is 93.0 Å². The van der Waals surface area contributed by atoms with E-state index in [0.717, 1.165) is 12.8 Å². The van der Waals surface area contributed by atoms with Gasteiger partial charge in [-0.25, -0.2) is 0 Å². The standard InChI is InChI=1S/C11H22Cl2/c1-4-5-8-11(2,3)9-6-7-10(12)13/h10H,4-9H2,1-3H3. The van der Waals surface area contributed by atoms with Crippen LogP contribution in [0.3, 0.4) is 0 Å². The first kappa shape index (κ1) is 13.6. The van der Waals surface area contributed by atoms with Crippen LogP contribution >= 0.6 is 23.2 Å². The molecule has 0 bridgehead atoms. The van der Waals surface area contributed by atoms with Gasteiger partial charge in [-0.05, 0) is 24.7 Å². The Hall–Kier alpha value is 0.580. The average molecular weight is 225 g/mol. The SMILES string of the molecule is CCCCC(C)(C)CCCC(Cl)Cl. The Morgan fingerprint density at radius 1 is 1.08 bits per heavy atom. The first-order valence-corrected chi connectivity index (χ1v) is 6.13. The van der Waals surface area contributed by atoms with E-state index in [9.17, 15) is 0 Å². The normalized spacial score (nSPS) is 12.5. The van der Waals surface area contributed by atoms with E-state index in [2.05, 4.69) is 20.8 Å². The molecule has 13 heavy (non-hydrogen) atoms. The molecule has 0 nitrogen and oxygen atoms in total. The van der Waals surface area contributed by atoms with Crippen LogP contribution in [0, 0.1) is 5.41 Å². The summed E-state index contributed by atoms with van der Waals surface area (Å²) in [6.45, 7) is 6.91. The van der Waals surface area contributed by atoms with Gasteiger partial charge in [0.05, 0.1) is 0 Å². The van der Waals surface area contributed by atoms with Crippen molar-refractivity contribution < 1.29 is 0 Å². The maximum atomic E-state index is 5.68. The third-order valence-corrected chi connectivity index (χ3v) is 2.92. The first-order valence-electron chi connectivity index (χ1n) is 5.26. The minimum absolute atomic E-state index is 0.179. The molecule has 0 aliphatic carbocycles. The number of hydrogen-bond acceptors (Lipinski definition) is 0. The van der Waals surface area contributed by atoms with Gasteiger partial charge in [0.2, 0.25) is 0 Å². The Balaban J connectivity index is 3.50. The van der Waals surface area contributed by atoms with E-state index in [-0.39, 0.29) is 4.84 Å². The predicted octanol–water partition coefficient (Wildman–Crippen LogP) is 5.18. The molecule has 0 aliphatic rings. The number of hydrogen-bond donors (Lipinski definition) is 0. The molecule has 0 atom stereocenters. The van der Waals surface area contributed by atoms with Crippen molar-refractivity contribution in [1.82, 2.24) is 0 Å². The van der Waals surface area contributed by atoms with Gasteiger partial charge in [0, 0.05) is 0 Å². The maximum absolute atomic E-state index is 5.68. The van der Waals surface area contributed by atoms with E-state index in [4.69, 9.17) is 23.2 Å². The minimum Gasteiger partial charge on any atom is -0.105 e. The lowest BCUT2D eigenvalue weighted by Crippen LogP contribution is -2.11. The van der Waals surface area contributed by atoms with Crippen molar-refractivity contribution in [2.75, 3.05) is 0 Å². The molecule has 0 aromatic carbocycles. The van der Waals surface area contributed by atoms with Gasteiger partial charge in [-0.1, -0.05) is 40.0 Å². The zero-order valence-electron chi connectivity index (χ0n) is 9.08. The fourth-order valence-corrected chi connectivity index (χ4v) is 1.82. The highest BCUT2D eigenvalue weighted by atomic mass is 35.5. The molecule has 0 saturated carbocycles. The summed E-state index contributed by atoms with van der Waals surface area (Å²) >= 11 is 11.4. The Morgan fingerprint density at radius 3 is 2.08 bits per heavy atom. The van der Waals surface area contributed by atoms with Crippen molar-refractivity contribution >= 4 is 23.2 Å². The Morgan fingerprint density at radius 2 is 1.62 bits per heavy atom. The van der Waals surface area contributed by atoms with Crippen LogP contribution in [0.1, 0.15) is 59.3 Å². The molecular weight excluding hydrogens is 203 g/mol. The number of unbranched alkanes of at least 4 members (excludes halogenated alkanes) is 1. The van der Waals surface area contributed by atoms with E-state index >= 15 is 0 Å². The summed E-state index contributed by atoms with van der Waals surface area (Å²) in [5, 5.41) is 0. The lowest BCUT2D eigenvalue weighted by atomic mass is 9.82. The van der Waals surface area contributed by atoms with Gasteiger partial charge in [0.1, 0.15) is 4.84 Å². The lowest BCUT2D eigenvalue weighted by Gasteiger charge is -2.24. The van der Waals surface area contributed by atoms with Gasteiger partial charge in [0.15, 0.2) is 0 Å². The Kier molecular flexibility index (Phi) is 7.26. The fourth-order valence-electron chi connectivity index (χ4n) is 1.52. The van der Waals surface area contributed by atoms with Crippen molar-refractivity contribution in [3.8, 4) is 0 Å². The zero-order valence-corrected chi connectivity index (χ0v) is 10.6. The monoisotopic (exact) mass is 224 g/mol. The molecule has 0 radical (unpaired) electrons. The Bertz CT molecular complexity index is 119. The molecule has 0 spiro atoms. The molecule has 0 amide bonds. The fraction of sp³-hybridized carbons (Fsp3) is 1.00. The molecule has 0 rings (SSSR count). The van der Waals surface area contributed by atoms with Crippen LogP contribution in [0.15, 0.2) is 0 Å². The second-order valence-corrected chi connectivity index (χ2v) is 5.83. The van der Waals surface area contributed by atoms with Crippen LogP contribution in [0.2, 0.25) is 0 Å². The second-order valence-electron chi connectivity index (χ2n) is 4.55. The number of rotatable bonds is 7. The van der Waals surface area contributed by atoms with E-state index in [0.29, 0.717) is 5.41 Å². The van der Waals surface area contributed by atoms with Crippen LogP contribution < -0.4 is 0 Å². The molecule has 0 fully saturated rings. The molecule has 0 aliphatic heterocycles. The van der Waals surface area contributed by atoms with Crippen molar-refractivity contribution in [2.45, 2.75) is 64.1 Å². The van der Waals surface area contributed by atoms with Gasteiger partial charge < -0.3 is 0 Å². The molecule has 2 heteroatoms. The van der Waals surface area contributed by atoms with Gasteiger partial charge >= 0.3 is 0 Å². The molecule has 0 unspecified atom stereocenters. The summed E-state index contributed by atoms with van der Waals surface area (Å²) in [6, 6.07) is 0. The first-order chi connectivity index (χ1) is 5.98. The third-order valence-electron chi connectivity index (χ3n) is 2.48. The highest BCUT2D eigenvalue weighted by Crippen LogP contribution is 2.30. The van der Waals surface area contributed by atoms with E-state index in [1.165, 1.54) is 25.7 Å². The summed E-state index contributed by atoms with van der Waals surface area (Å²) in [4.78, 5) is -0.179. The van der Waals surface area contributed by atoms with Gasteiger partial charge in [0.25, 0.3) is 0 Å². The van der Waals surface area contributed by atoms with E-state index in [1.54, 1.807) is 0 Å². The van der Waals surface area contributed by atoms with E-state index in [1.807, 2.05) is 0 Å². The molecule has 0 heterocycles. The van der Waals surface area contributed by atoms with Crippen molar-refractivity contribution in [2.24, 2.45) is 5.41 Å². The summed E-state index contributed by atoms with van der Waals surface area (Å²) in [6.07, 6.45) is 7.25. The summed E-state index contributed by atoms with van der Waals surface area (Å²) in [7, 11) is 0. The minimum atomic E-state index is -0.179. The lowest BCUT2D eigenvalue weighted by molar-refractivity contribution is 0.288. The van der Waals surface area contributed by atoms with Crippen molar-refractivity contribution in [3.05, 3.63) is 0 Å². The van der Waals surface area contributed by atoms with Gasteiger partial charge in [-0.2, -0.15) is 0 Å². The highest BCUT2D eigenvalue weighted by Gasteiger charge is 2.16. The molecule has 0 aromatic heterocycles.